The third-order valence-corrected chi connectivity index (χ3v) is 9.12. The summed E-state index contributed by atoms with van der Waals surface area (Å²) >= 11 is 0. The van der Waals surface area contributed by atoms with E-state index < -0.39 is 95.0 Å². The molecule has 0 aromatic heterocycles. The van der Waals surface area contributed by atoms with Crippen LogP contribution in [-0.2, 0) is 30.4 Å². The Kier molecular flexibility index (Phi) is 10.1. The Morgan fingerprint density at radius 1 is 0.653 bits per heavy atom. The predicted octanol–water partition coefficient (Wildman–Crippen LogP) is 2.25. The molecule has 0 unspecified atom stereocenters. The van der Waals surface area contributed by atoms with Crippen molar-refractivity contribution < 1.29 is 88.7 Å². The summed E-state index contributed by atoms with van der Waals surface area (Å²) in [6.45, 7) is 0. The molecule has 49 heavy (non-hydrogen) atoms. The van der Waals surface area contributed by atoms with E-state index in [1.807, 2.05) is 0 Å². The van der Waals surface area contributed by atoms with Crippen molar-refractivity contribution in [1.82, 2.24) is 0 Å². The second-order valence-corrected chi connectivity index (χ2v) is 13.8. The van der Waals surface area contributed by atoms with Crippen LogP contribution in [0.5, 0.6) is 17.2 Å². The molecule has 0 amide bonds. The number of benzene rings is 5. The van der Waals surface area contributed by atoms with Gasteiger partial charge in [0.25, 0.3) is 20.2 Å². The molecule has 0 saturated carbocycles. The first kappa shape index (κ1) is 37.2. The van der Waals surface area contributed by atoms with Gasteiger partial charge in [-0.25, -0.2) is 8.42 Å². The van der Waals surface area contributed by atoms with Crippen molar-refractivity contribution in [3.8, 4) is 17.2 Å². The number of nitro groups is 1. The fourth-order valence-electron chi connectivity index (χ4n) is 4.45. The van der Waals surface area contributed by atoms with Crippen molar-refractivity contribution in [2.24, 2.45) is 20.5 Å². The molecule has 0 saturated heterocycles. The monoisotopic (exact) mass is 741 g/mol. The van der Waals surface area contributed by atoms with Crippen molar-refractivity contribution in [2.75, 3.05) is 0 Å². The molecule has 5 N–H and O–H groups in total. The summed E-state index contributed by atoms with van der Waals surface area (Å²) in [6, 6.07) is 11.9. The molecule has 0 spiro atoms. The van der Waals surface area contributed by atoms with E-state index in [0.717, 1.165) is 0 Å². The maximum absolute atomic E-state index is 12.2. The third-order valence-electron chi connectivity index (χ3n) is 6.60. The van der Waals surface area contributed by atoms with E-state index in [2.05, 4.69) is 20.5 Å². The van der Waals surface area contributed by atoms with Crippen LogP contribution in [0.15, 0.2) is 102 Å². The first-order valence-corrected chi connectivity index (χ1v) is 16.9. The van der Waals surface area contributed by atoms with Gasteiger partial charge in [-0.2, -0.15) is 16.8 Å². The normalized spacial score (nSPS) is 12.6. The number of phenols is 3. The van der Waals surface area contributed by atoms with Crippen LogP contribution in [0.1, 0.15) is 0 Å². The van der Waals surface area contributed by atoms with Crippen LogP contribution in [0.3, 0.4) is 0 Å². The molecule has 248 valence electrons. The number of fused-ring (bicyclic) bond motifs is 2. The average molecular weight is 742 g/mol. The smallest absolute Gasteiger partial charge is 0.744 e. The zero-order chi connectivity index (χ0) is 35.3. The van der Waals surface area contributed by atoms with Gasteiger partial charge < -0.3 is 19.9 Å². The number of phenolic OH excluding ortho intramolecular Hbond substituents is 3. The molecule has 5 rings (SSSR count). The number of nitrogens with zero attached hydrogens (tertiary/aromatic N) is 5. The van der Waals surface area contributed by atoms with Crippen molar-refractivity contribution in [1.29, 1.82) is 0 Å². The number of aromatic hydroxyl groups is 3. The standard InChI is InChI=1S/C26H17N5O14S3.Na/c32-20-6-5-12-3-1-2-4-16(12)23(20)29-27-17-9-14(46(37,38)39)7-13-8-21(48(43,44)45)24(26(34)22(13)17)30-28-18-10-15(47(40,41)42)11-19(25(18)33)31(35)36;/h1-11,32-34H,(H,37,38,39)(H,40,41,42)(H,43,44,45);/q;+1/p-1. The summed E-state index contributed by atoms with van der Waals surface area (Å²) in [5.74, 6) is -2.93. The zero-order valence-electron chi connectivity index (χ0n) is 24.2. The van der Waals surface area contributed by atoms with Crippen molar-refractivity contribution >= 4 is 80.3 Å². The largest absolute Gasteiger partial charge is 1.00 e. The topological polar surface area (TPSA) is 319 Å². The van der Waals surface area contributed by atoms with Gasteiger partial charge in [0.05, 0.1) is 25.8 Å². The molecule has 0 aliphatic carbocycles. The summed E-state index contributed by atoms with van der Waals surface area (Å²) in [6.07, 6.45) is 0. The van der Waals surface area contributed by atoms with E-state index >= 15 is 0 Å². The molecule has 0 aliphatic rings. The number of hydrogen-bond donors (Lipinski definition) is 5. The van der Waals surface area contributed by atoms with Crippen LogP contribution in [0.4, 0.5) is 28.4 Å². The minimum atomic E-state index is -5.63. The summed E-state index contributed by atoms with van der Waals surface area (Å²) in [7, 11) is -15.8. The second-order valence-electron chi connectivity index (χ2n) is 9.64. The fraction of sp³-hybridized carbons (Fsp3) is 0. The number of nitro benzene ring substituents is 1. The molecular weight excluding hydrogens is 725 g/mol. The van der Waals surface area contributed by atoms with Gasteiger partial charge in [0.1, 0.15) is 37.8 Å². The predicted molar refractivity (Wildman–Crippen MR) is 162 cm³/mol. The van der Waals surface area contributed by atoms with Gasteiger partial charge in [0.15, 0.2) is 5.75 Å². The van der Waals surface area contributed by atoms with Crippen LogP contribution >= 0.6 is 0 Å². The van der Waals surface area contributed by atoms with E-state index in [1.54, 1.807) is 30.3 Å². The Morgan fingerprint density at radius 3 is 1.84 bits per heavy atom. The molecule has 0 atom stereocenters. The molecule has 5 aromatic rings. The van der Waals surface area contributed by atoms with Crippen LogP contribution < -0.4 is 29.6 Å². The van der Waals surface area contributed by atoms with Crippen LogP contribution in [0.25, 0.3) is 21.5 Å². The van der Waals surface area contributed by atoms with Gasteiger partial charge in [0.2, 0.25) is 5.75 Å². The van der Waals surface area contributed by atoms with Gasteiger partial charge in [0, 0.05) is 11.5 Å². The van der Waals surface area contributed by atoms with Crippen molar-refractivity contribution in [2.45, 2.75) is 14.7 Å². The summed E-state index contributed by atoms with van der Waals surface area (Å²) < 4.78 is 103. The van der Waals surface area contributed by atoms with Gasteiger partial charge in [-0.15, -0.1) is 20.5 Å². The molecule has 19 nitrogen and oxygen atoms in total. The molecule has 0 aliphatic heterocycles. The van der Waals surface area contributed by atoms with E-state index in [9.17, 15) is 64.3 Å². The Morgan fingerprint density at radius 2 is 1.22 bits per heavy atom. The van der Waals surface area contributed by atoms with Gasteiger partial charge in [-0.1, -0.05) is 30.3 Å². The Bertz CT molecular complexity index is 2610. The fourth-order valence-corrected chi connectivity index (χ4v) is 6.16. The van der Waals surface area contributed by atoms with Gasteiger partial charge >= 0.3 is 35.2 Å². The van der Waals surface area contributed by atoms with Crippen LogP contribution in [0.2, 0.25) is 0 Å². The Labute approximate surface area is 296 Å². The van der Waals surface area contributed by atoms with Crippen LogP contribution in [0, 0.1) is 10.1 Å². The quantitative estimate of drug-likeness (QED) is 0.0501. The molecule has 0 heterocycles. The zero-order valence-corrected chi connectivity index (χ0v) is 28.7. The second kappa shape index (κ2) is 13.3. The summed E-state index contributed by atoms with van der Waals surface area (Å²) in [5, 5.41) is 57.9. The van der Waals surface area contributed by atoms with Crippen LogP contribution in [-0.4, -0.2) is 59.2 Å². The van der Waals surface area contributed by atoms with E-state index in [4.69, 9.17) is 0 Å². The molecule has 0 fully saturated rings. The first-order valence-electron chi connectivity index (χ1n) is 12.6. The molecule has 0 radical (unpaired) electrons. The molecule has 5 aromatic carbocycles. The maximum Gasteiger partial charge on any atom is 1.00 e. The molecule has 23 heteroatoms. The SMILES string of the molecule is O=[N+]([O-])c1cc(S(=O)(=O)O)cc(N=Nc2c(S(=O)(=O)[O-])cc3cc(S(=O)(=O)O)cc(N=Nc4c(O)ccc5ccccc45)c3c2O)c1O.[Na+]. The Balaban J connectivity index is 0.00000541. The number of azo groups is 2. The number of hydrogen-bond acceptors (Lipinski definition) is 16. The Hall–Kier alpha value is -4.65. The van der Waals surface area contributed by atoms with Gasteiger partial charge in [-0.3, -0.25) is 19.2 Å². The van der Waals surface area contributed by atoms with E-state index in [1.165, 1.54) is 6.07 Å². The first-order chi connectivity index (χ1) is 22.3. The average Bonchev–Trinajstić information content (AvgIpc) is 2.98. The van der Waals surface area contributed by atoms with Gasteiger partial charge in [-0.05, 0) is 41.1 Å². The van der Waals surface area contributed by atoms with Crippen molar-refractivity contribution in [3.05, 3.63) is 76.8 Å². The molecular formula is C26H16N5NaO14S3. The summed E-state index contributed by atoms with van der Waals surface area (Å²) in [4.78, 5) is 6.70. The van der Waals surface area contributed by atoms with Crippen molar-refractivity contribution in [3.63, 3.8) is 0 Å². The third kappa shape index (κ3) is 7.51. The maximum atomic E-state index is 12.2. The number of rotatable bonds is 8. The minimum absolute atomic E-state index is 0. The summed E-state index contributed by atoms with van der Waals surface area (Å²) in [5.41, 5.74) is -4.24. The van der Waals surface area contributed by atoms with E-state index in [0.29, 0.717) is 35.0 Å². The van der Waals surface area contributed by atoms with E-state index in [-0.39, 0.29) is 47.1 Å². The minimum Gasteiger partial charge on any atom is -0.744 e. The molecule has 0 bridgehead atoms.